The van der Waals surface area contributed by atoms with Crippen LogP contribution in [0, 0.1) is 18.7 Å². The largest absolute Gasteiger partial charge is 0.507 e. The number of nitrogens with two attached hydrogens (primary N) is 1. The van der Waals surface area contributed by atoms with Crippen molar-refractivity contribution in [2.45, 2.75) is 38.4 Å². The van der Waals surface area contributed by atoms with Crippen LogP contribution in [-0.4, -0.2) is 54.7 Å². The maximum atomic E-state index is 13.0. The van der Waals surface area contributed by atoms with Crippen LogP contribution in [0.2, 0.25) is 0 Å². The fraction of sp³-hybridized carbons (Fsp3) is 0.480. The van der Waals surface area contributed by atoms with Crippen LogP contribution < -0.4 is 11.1 Å². The minimum absolute atomic E-state index is 0. The molecule has 0 unspecified atom stereocenters. The Bertz CT molecular complexity index is 949. The Kier molecular flexibility index (Phi) is 8.70. The van der Waals surface area contributed by atoms with Crippen molar-refractivity contribution in [3.8, 4) is 5.75 Å². The minimum Gasteiger partial charge on any atom is -0.507 e. The molecule has 1 amide bonds. The van der Waals surface area contributed by atoms with Crippen LogP contribution in [-0.2, 0) is 11.2 Å². The molecule has 0 aromatic heterocycles. The molecule has 180 valence electrons. The molecule has 0 bridgehead atoms. The van der Waals surface area contributed by atoms with E-state index in [0.717, 1.165) is 55.6 Å². The number of benzene rings is 2. The number of fused-ring (bicyclic) bond motifs is 1. The summed E-state index contributed by atoms with van der Waals surface area (Å²) in [4.78, 5) is 14.5. The molecule has 4 N–H and O–H groups in total. The van der Waals surface area contributed by atoms with Crippen molar-refractivity contribution in [3.05, 3.63) is 64.5 Å². The van der Waals surface area contributed by atoms with Gasteiger partial charge in [-0.05, 0) is 74.2 Å². The highest BCUT2D eigenvalue weighted by molar-refractivity contribution is 5.94. The quantitative estimate of drug-likeness (QED) is 0.594. The molecule has 8 heteroatoms. The van der Waals surface area contributed by atoms with Gasteiger partial charge in [0.2, 0.25) is 0 Å². The Balaban J connectivity index is 0.00000306. The number of hydrogen-bond acceptors (Lipinski definition) is 5. The van der Waals surface area contributed by atoms with Crippen LogP contribution in [0.4, 0.5) is 4.39 Å². The number of aromatic hydroxyl groups is 1. The zero-order valence-electron chi connectivity index (χ0n) is 18.9. The summed E-state index contributed by atoms with van der Waals surface area (Å²) >= 11 is 0. The van der Waals surface area contributed by atoms with Gasteiger partial charge in [0.1, 0.15) is 11.6 Å². The number of ether oxygens (including phenoxy) is 1. The van der Waals surface area contributed by atoms with E-state index in [-0.39, 0.29) is 36.3 Å². The van der Waals surface area contributed by atoms with Gasteiger partial charge in [0, 0.05) is 37.2 Å². The number of piperidine rings is 1. The van der Waals surface area contributed by atoms with Crippen molar-refractivity contribution < 1.29 is 19.0 Å². The normalized spacial score (nSPS) is 21.2. The van der Waals surface area contributed by atoms with E-state index < -0.39 is 0 Å². The van der Waals surface area contributed by atoms with Gasteiger partial charge in [-0.3, -0.25) is 4.79 Å². The second-order valence-corrected chi connectivity index (χ2v) is 8.84. The molecule has 1 saturated heterocycles. The van der Waals surface area contributed by atoms with Crippen LogP contribution in [0.15, 0.2) is 36.4 Å². The van der Waals surface area contributed by atoms with Crippen molar-refractivity contribution in [3.63, 3.8) is 0 Å². The number of carbonyl (C=O) groups excluding carboxylic acids is 1. The molecule has 2 aliphatic rings. The van der Waals surface area contributed by atoms with E-state index in [1.165, 1.54) is 24.3 Å². The molecule has 2 aromatic carbocycles. The number of nitrogens with one attached hydrogen (secondary N) is 1. The number of nitrogens with zero attached hydrogens (tertiary/aromatic N) is 1. The van der Waals surface area contributed by atoms with Gasteiger partial charge in [-0.1, -0.05) is 12.1 Å². The summed E-state index contributed by atoms with van der Waals surface area (Å²) in [7, 11) is 0. The Morgan fingerprint density at radius 2 is 1.91 bits per heavy atom. The standard InChI is InChI=1S/C25H32FN3O3.ClH/c1-16-2-7-20-21(24(16)30)14-22(32-23(20)15-27)17-8-11-29(12-9-17)13-10-28-25(31)18-3-5-19(26)6-4-18;/h2-7,17,22-23,30H,8-15,27H2,1H3,(H,28,31);1H/t22-,23-;/m0./s1. The van der Waals surface area contributed by atoms with Gasteiger partial charge in [0.15, 0.2) is 0 Å². The van der Waals surface area contributed by atoms with E-state index >= 15 is 0 Å². The fourth-order valence-corrected chi connectivity index (χ4v) is 4.86. The second-order valence-electron chi connectivity index (χ2n) is 8.84. The van der Waals surface area contributed by atoms with Gasteiger partial charge in [-0.15, -0.1) is 12.4 Å². The molecule has 2 heterocycles. The average Bonchev–Trinajstić information content (AvgIpc) is 2.81. The molecule has 0 spiro atoms. The number of hydrogen-bond donors (Lipinski definition) is 3. The lowest BCUT2D eigenvalue weighted by Gasteiger charge is -2.40. The molecule has 2 aromatic rings. The number of halogens is 2. The molecular weight excluding hydrogens is 445 g/mol. The van der Waals surface area contributed by atoms with Crippen LogP contribution in [0.25, 0.3) is 0 Å². The van der Waals surface area contributed by atoms with Crippen molar-refractivity contribution in [1.82, 2.24) is 10.2 Å². The third-order valence-electron chi connectivity index (χ3n) is 6.80. The Morgan fingerprint density at radius 1 is 1.21 bits per heavy atom. The summed E-state index contributed by atoms with van der Waals surface area (Å²) in [5, 5.41) is 13.5. The summed E-state index contributed by atoms with van der Waals surface area (Å²) in [6.45, 7) is 5.53. The summed E-state index contributed by atoms with van der Waals surface area (Å²) < 4.78 is 19.4. The number of carbonyl (C=O) groups is 1. The first-order valence-corrected chi connectivity index (χ1v) is 11.4. The number of amides is 1. The van der Waals surface area contributed by atoms with Crippen LogP contribution in [0.3, 0.4) is 0 Å². The predicted octanol–water partition coefficient (Wildman–Crippen LogP) is 3.34. The first kappa shape index (κ1) is 25.4. The maximum Gasteiger partial charge on any atom is 0.251 e. The van der Waals surface area contributed by atoms with E-state index in [0.29, 0.717) is 30.3 Å². The number of rotatable bonds is 6. The Labute approximate surface area is 200 Å². The van der Waals surface area contributed by atoms with Gasteiger partial charge >= 0.3 is 0 Å². The van der Waals surface area contributed by atoms with E-state index in [2.05, 4.69) is 10.2 Å². The minimum atomic E-state index is -0.349. The smallest absolute Gasteiger partial charge is 0.251 e. The molecule has 0 radical (unpaired) electrons. The fourth-order valence-electron chi connectivity index (χ4n) is 4.86. The molecule has 2 aliphatic heterocycles. The van der Waals surface area contributed by atoms with Crippen molar-refractivity contribution in [2.24, 2.45) is 11.7 Å². The van der Waals surface area contributed by atoms with E-state index in [9.17, 15) is 14.3 Å². The monoisotopic (exact) mass is 477 g/mol. The van der Waals surface area contributed by atoms with Gasteiger partial charge < -0.3 is 25.8 Å². The van der Waals surface area contributed by atoms with E-state index in [1.807, 2.05) is 19.1 Å². The number of phenols is 1. The molecule has 33 heavy (non-hydrogen) atoms. The van der Waals surface area contributed by atoms with E-state index in [4.69, 9.17) is 10.5 Å². The topological polar surface area (TPSA) is 87.8 Å². The van der Waals surface area contributed by atoms with Crippen molar-refractivity contribution in [1.29, 1.82) is 0 Å². The molecular formula is C25H33ClFN3O3. The van der Waals surface area contributed by atoms with Gasteiger partial charge in [-0.2, -0.15) is 0 Å². The number of phenolic OH excluding ortho intramolecular Hbond substituents is 1. The first-order chi connectivity index (χ1) is 15.5. The number of aryl methyl sites for hydroxylation is 1. The van der Waals surface area contributed by atoms with Crippen LogP contribution in [0.1, 0.15) is 46.0 Å². The molecule has 0 saturated carbocycles. The Morgan fingerprint density at radius 3 is 2.58 bits per heavy atom. The highest BCUT2D eigenvalue weighted by Crippen LogP contribution is 2.40. The van der Waals surface area contributed by atoms with E-state index in [1.54, 1.807) is 0 Å². The van der Waals surface area contributed by atoms with Crippen molar-refractivity contribution >= 4 is 18.3 Å². The van der Waals surface area contributed by atoms with Crippen LogP contribution in [0.5, 0.6) is 5.75 Å². The van der Waals surface area contributed by atoms with Gasteiger partial charge in [0.25, 0.3) is 5.91 Å². The molecule has 0 aliphatic carbocycles. The highest BCUT2D eigenvalue weighted by Gasteiger charge is 2.35. The summed E-state index contributed by atoms with van der Waals surface area (Å²) in [6, 6.07) is 9.52. The first-order valence-electron chi connectivity index (χ1n) is 11.4. The zero-order valence-corrected chi connectivity index (χ0v) is 19.7. The summed E-state index contributed by atoms with van der Waals surface area (Å²) in [5.41, 5.74) is 9.34. The lowest BCUT2D eigenvalue weighted by molar-refractivity contribution is -0.0645. The second kappa shape index (κ2) is 11.3. The SMILES string of the molecule is Cc1ccc2c(c1O)C[C@@H](C1CCN(CCNC(=O)c3ccc(F)cc3)CC1)O[C@H]2CN.Cl. The van der Waals surface area contributed by atoms with Gasteiger partial charge in [-0.25, -0.2) is 4.39 Å². The lowest BCUT2D eigenvalue weighted by Crippen LogP contribution is -2.44. The highest BCUT2D eigenvalue weighted by atomic mass is 35.5. The predicted molar refractivity (Wildman–Crippen MR) is 128 cm³/mol. The third kappa shape index (κ3) is 5.84. The summed E-state index contributed by atoms with van der Waals surface area (Å²) in [5.74, 6) is 0.265. The average molecular weight is 478 g/mol. The summed E-state index contributed by atoms with van der Waals surface area (Å²) in [6.07, 6.45) is 2.63. The molecule has 2 atom stereocenters. The van der Waals surface area contributed by atoms with Crippen LogP contribution >= 0.6 is 12.4 Å². The third-order valence-corrected chi connectivity index (χ3v) is 6.80. The Hall–Kier alpha value is -2.19. The van der Waals surface area contributed by atoms with Gasteiger partial charge in [0.05, 0.1) is 12.2 Å². The molecule has 1 fully saturated rings. The zero-order chi connectivity index (χ0) is 22.7. The maximum absolute atomic E-state index is 13.0. The lowest BCUT2D eigenvalue weighted by atomic mass is 9.83. The van der Waals surface area contributed by atoms with Crippen molar-refractivity contribution in [2.75, 3.05) is 32.7 Å². The molecule has 4 rings (SSSR count). The number of likely N-dealkylation sites (tertiary alicyclic amines) is 1. The molecule has 6 nitrogen and oxygen atoms in total.